The van der Waals surface area contributed by atoms with Crippen molar-refractivity contribution < 1.29 is 19.0 Å². The number of aliphatic hydroxyl groups excluding tert-OH is 1. The van der Waals surface area contributed by atoms with Gasteiger partial charge in [0.2, 0.25) is 0 Å². The molecule has 0 unspecified atom stereocenters. The summed E-state index contributed by atoms with van der Waals surface area (Å²) in [5.74, 6) is 0.0121. The van der Waals surface area contributed by atoms with E-state index in [1.165, 1.54) is 19.3 Å². The molecule has 3 atom stereocenters. The fraction of sp³-hybridized carbons (Fsp3) is 1.00. The van der Waals surface area contributed by atoms with Crippen molar-refractivity contribution in [2.45, 2.75) is 128 Å². The lowest BCUT2D eigenvalue weighted by Gasteiger charge is -2.43. The zero-order valence-electron chi connectivity index (χ0n) is 19.5. The van der Waals surface area contributed by atoms with E-state index in [-0.39, 0.29) is 18.0 Å². The van der Waals surface area contributed by atoms with Crippen LogP contribution in [0.4, 0.5) is 0 Å². The molecule has 0 radical (unpaired) electrons. The second-order valence-corrected chi connectivity index (χ2v) is 15.8. The number of aliphatic hydroxyl groups is 1. The molecule has 166 valence electrons. The van der Waals surface area contributed by atoms with E-state index in [1.54, 1.807) is 0 Å². The van der Waals surface area contributed by atoms with Crippen LogP contribution in [0, 0.1) is 5.92 Å². The number of hydrogen-bond donors (Lipinski definition) is 1. The predicted molar refractivity (Wildman–Crippen MR) is 118 cm³/mol. The third-order valence-corrected chi connectivity index (χ3v) is 13.1. The van der Waals surface area contributed by atoms with Crippen molar-refractivity contribution in [2.24, 2.45) is 5.92 Å². The van der Waals surface area contributed by atoms with Crippen LogP contribution in [0.3, 0.4) is 0 Å². The van der Waals surface area contributed by atoms with Gasteiger partial charge in [0.1, 0.15) is 0 Å². The molecule has 0 bridgehead atoms. The molecule has 1 aliphatic heterocycles. The van der Waals surface area contributed by atoms with Gasteiger partial charge < -0.3 is 19.0 Å². The Morgan fingerprint density at radius 2 is 1.54 bits per heavy atom. The van der Waals surface area contributed by atoms with Crippen LogP contribution in [0.1, 0.15) is 93.4 Å². The van der Waals surface area contributed by atoms with Gasteiger partial charge in [0.25, 0.3) is 0 Å². The molecule has 28 heavy (non-hydrogen) atoms. The van der Waals surface area contributed by atoms with Gasteiger partial charge >= 0.3 is 0 Å². The molecule has 1 N–H and O–H groups in total. The minimum absolute atomic E-state index is 0.0386. The smallest absolute Gasteiger partial charge is 0.200 e. The van der Waals surface area contributed by atoms with Crippen LogP contribution >= 0.6 is 0 Å². The Labute approximate surface area is 174 Å². The van der Waals surface area contributed by atoms with Crippen molar-refractivity contribution in [1.29, 1.82) is 0 Å². The Hall–Kier alpha value is 0.0569. The van der Waals surface area contributed by atoms with E-state index in [9.17, 15) is 5.11 Å². The quantitative estimate of drug-likeness (QED) is 0.443. The Morgan fingerprint density at radius 1 is 0.964 bits per heavy atom. The number of hydrogen-bond acceptors (Lipinski definition) is 4. The fourth-order valence-electron chi connectivity index (χ4n) is 5.80. The standard InChI is InChI=1S/C23H46O4Si/c1-17(2)28(18(3)4,19(5)6)26-15-20(7)13-21(24)14-22-16-25-23(27-22)11-9-8-10-12-23/h17-22,24H,8-16H2,1-7H3/t20-,21+,22+/m1/s1. The molecule has 1 heterocycles. The van der Waals surface area contributed by atoms with Crippen LogP contribution in [0.15, 0.2) is 0 Å². The third-order valence-electron chi connectivity index (χ3n) is 7.06. The first-order chi connectivity index (χ1) is 13.1. The molecule has 2 rings (SSSR count). The Bertz CT molecular complexity index is 438. The predicted octanol–water partition coefficient (Wildman–Crippen LogP) is 6.03. The summed E-state index contributed by atoms with van der Waals surface area (Å²) < 4.78 is 19.0. The molecule has 1 spiro atoms. The van der Waals surface area contributed by atoms with Gasteiger partial charge in [0.15, 0.2) is 14.1 Å². The highest BCUT2D eigenvalue weighted by Gasteiger charge is 2.45. The van der Waals surface area contributed by atoms with Gasteiger partial charge in [-0.25, -0.2) is 0 Å². The van der Waals surface area contributed by atoms with E-state index in [4.69, 9.17) is 13.9 Å². The molecule has 0 amide bonds. The lowest BCUT2D eigenvalue weighted by atomic mass is 9.94. The third kappa shape index (κ3) is 5.81. The van der Waals surface area contributed by atoms with Gasteiger partial charge in [-0.1, -0.05) is 54.9 Å². The molecule has 1 saturated heterocycles. The van der Waals surface area contributed by atoms with Gasteiger partial charge in [0, 0.05) is 25.9 Å². The van der Waals surface area contributed by atoms with E-state index in [1.807, 2.05) is 0 Å². The van der Waals surface area contributed by atoms with Crippen LogP contribution < -0.4 is 0 Å². The Morgan fingerprint density at radius 3 is 2.07 bits per heavy atom. The van der Waals surface area contributed by atoms with Crippen LogP contribution in [-0.4, -0.2) is 44.6 Å². The zero-order chi connectivity index (χ0) is 20.9. The van der Waals surface area contributed by atoms with Crippen molar-refractivity contribution in [1.82, 2.24) is 0 Å². The molecule has 1 saturated carbocycles. The van der Waals surface area contributed by atoms with Gasteiger partial charge in [-0.2, -0.15) is 0 Å². The average molecular weight is 415 g/mol. The Kier molecular flexibility index (Phi) is 9.02. The largest absolute Gasteiger partial charge is 0.416 e. The molecule has 4 nitrogen and oxygen atoms in total. The van der Waals surface area contributed by atoms with E-state index in [0.717, 1.165) is 25.9 Å². The summed E-state index contributed by atoms with van der Waals surface area (Å²) in [7, 11) is -1.83. The summed E-state index contributed by atoms with van der Waals surface area (Å²) in [6, 6.07) is 0. The van der Waals surface area contributed by atoms with Crippen molar-refractivity contribution in [3.63, 3.8) is 0 Å². The highest BCUT2D eigenvalue weighted by Crippen LogP contribution is 2.43. The molecule has 0 aromatic heterocycles. The SMILES string of the molecule is CC(C)[Si](OC[C@H](C)C[C@H](O)C[C@H]1COC2(CCCCC2)O1)(C(C)C)C(C)C. The van der Waals surface area contributed by atoms with E-state index < -0.39 is 8.32 Å². The first-order valence-corrected chi connectivity index (χ1v) is 13.9. The maximum Gasteiger partial charge on any atom is 0.200 e. The maximum absolute atomic E-state index is 10.6. The molecular formula is C23H46O4Si. The Balaban J connectivity index is 1.80. The normalized spacial score (nSPS) is 25.2. The van der Waals surface area contributed by atoms with E-state index in [0.29, 0.717) is 35.6 Å². The first-order valence-electron chi connectivity index (χ1n) is 11.7. The average Bonchev–Trinajstić information content (AvgIpc) is 2.96. The lowest BCUT2D eigenvalue weighted by molar-refractivity contribution is -0.189. The second kappa shape index (κ2) is 10.4. The van der Waals surface area contributed by atoms with Crippen LogP contribution in [0.25, 0.3) is 0 Å². The minimum Gasteiger partial charge on any atom is -0.416 e. The van der Waals surface area contributed by atoms with Crippen molar-refractivity contribution in [2.75, 3.05) is 13.2 Å². The molecule has 2 fully saturated rings. The van der Waals surface area contributed by atoms with Crippen molar-refractivity contribution >= 4 is 8.32 Å². The molecule has 0 aromatic carbocycles. The molecule has 0 aromatic rings. The molecule has 2 aliphatic rings. The summed E-state index contributed by atoms with van der Waals surface area (Å²) in [6.45, 7) is 17.5. The molecule has 5 heteroatoms. The topological polar surface area (TPSA) is 47.9 Å². The van der Waals surface area contributed by atoms with Gasteiger partial charge in [-0.3, -0.25) is 0 Å². The highest BCUT2D eigenvalue weighted by molar-refractivity contribution is 6.77. The van der Waals surface area contributed by atoms with Crippen LogP contribution in [0.2, 0.25) is 16.6 Å². The number of ether oxygens (including phenoxy) is 2. The van der Waals surface area contributed by atoms with Gasteiger partial charge in [-0.05, 0) is 41.8 Å². The fourth-order valence-corrected chi connectivity index (χ4v) is 11.4. The van der Waals surface area contributed by atoms with Gasteiger partial charge in [-0.15, -0.1) is 0 Å². The zero-order valence-corrected chi connectivity index (χ0v) is 20.5. The van der Waals surface area contributed by atoms with Crippen molar-refractivity contribution in [3.05, 3.63) is 0 Å². The van der Waals surface area contributed by atoms with E-state index >= 15 is 0 Å². The summed E-state index contributed by atoms with van der Waals surface area (Å²) in [5.41, 5.74) is 1.79. The van der Waals surface area contributed by atoms with Crippen LogP contribution in [0.5, 0.6) is 0 Å². The molecule has 1 aliphatic carbocycles. The summed E-state index contributed by atoms with van der Waals surface area (Å²) in [4.78, 5) is 0. The second-order valence-electron chi connectivity index (χ2n) is 10.4. The minimum atomic E-state index is -1.83. The first kappa shape index (κ1) is 24.3. The molecular weight excluding hydrogens is 368 g/mol. The van der Waals surface area contributed by atoms with Gasteiger partial charge in [0.05, 0.1) is 18.8 Å². The summed E-state index contributed by atoms with van der Waals surface area (Å²) >= 11 is 0. The highest BCUT2D eigenvalue weighted by atomic mass is 28.4. The maximum atomic E-state index is 10.6. The van der Waals surface area contributed by atoms with Crippen molar-refractivity contribution in [3.8, 4) is 0 Å². The monoisotopic (exact) mass is 414 g/mol. The lowest BCUT2D eigenvalue weighted by Crippen LogP contribution is -2.48. The summed E-state index contributed by atoms with van der Waals surface area (Å²) in [5, 5.41) is 10.6. The number of rotatable bonds is 10. The van der Waals surface area contributed by atoms with E-state index in [2.05, 4.69) is 48.5 Å². The van der Waals surface area contributed by atoms with Crippen LogP contribution in [-0.2, 0) is 13.9 Å². The summed E-state index contributed by atoms with van der Waals surface area (Å²) in [6.07, 6.45) is 6.82.